The van der Waals surface area contributed by atoms with Gasteiger partial charge in [0.25, 0.3) is 0 Å². The second-order valence-corrected chi connectivity index (χ2v) is 4.63. The van der Waals surface area contributed by atoms with Crippen LogP contribution in [0.5, 0.6) is 5.75 Å². The lowest BCUT2D eigenvalue weighted by atomic mass is 10.3. The van der Waals surface area contributed by atoms with E-state index in [0.29, 0.717) is 5.69 Å². The van der Waals surface area contributed by atoms with Crippen molar-refractivity contribution in [3.8, 4) is 5.75 Å². The van der Waals surface area contributed by atoms with Crippen molar-refractivity contribution >= 4 is 27.5 Å². The molecule has 5 heteroatoms. The fourth-order valence-electron chi connectivity index (χ4n) is 1.24. The van der Waals surface area contributed by atoms with Gasteiger partial charge in [-0.15, -0.1) is 0 Å². The number of rotatable bonds is 3. The first kappa shape index (κ1) is 12.3. The Balaban J connectivity index is 2.07. The average Bonchev–Trinajstić information content (AvgIpc) is 2.33. The summed E-state index contributed by atoms with van der Waals surface area (Å²) in [4.78, 5) is 4.12. The highest BCUT2D eigenvalue weighted by Gasteiger charge is 2.07. The van der Waals surface area contributed by atoms with E-state index >= 15 is 0 Å². The molecule has 0 saturated heterocycles. The number of benzene rings is 1. The first-order valence-corrected chi connectivity index (χ1v) is 6.01. The number of hydrogen-bond acceptors (Lipinski definition) is 2. The zero-order chi connectivity index (χ0) is 12.3. The number of halogens is 3. The van der Waals surface area contributed by atoms with Crippen molar-refractivity contribution in [1.82, 2.24) is 4.98 Å². The Morgan fingerprint density at radius 3 is 2.82 bits per heavy atom. The van der Waals surface area contributed by atoms with Gasteiger partial charge in [-0.2, -0.15) is 0 Å². The predicted molar refractivity (Wildman–Crippen MR) is 67.7 cm³/mol. The third-order valence-corrected chi connectivity index (χ3v) is 2.84. The van der Waals surface area contributed by atoms with E-state index in [4.69, 9.17) is 16.3 Å². The molecule has 0 aliphatic carbocycles. The Kier molecular flexibility index (Phi) is 3.97. The average molecular weight is 317 g/mol. The first-order valence-electron chi connectivity index (χ1n) is 4.84. The summed E-state index contributed by atoms with van der Waals surface area (Å²) in [7, 11) is 0. The molecular weight excluding hydrogens is 308 g/mol. The highest BCUT2D eigenvalue weighted by Crippen LogP contribution is 2.24. The lowest BCUT2D eigenvalue weighted by molar-refractivity contribution is 0.286. The molecule has 0 aliphatic heterocycles. The van der Waals surface area contributed by atoms with Gasteiger partial charge in [-0.1, -0.05) is 17.7 Å². The minimum Gasteiger partial charge on any atom is -0.484 e. The van der Waals surface area contributed by atoms with Gasteiger partial charge in [0.2, 0.25) is 0 Å². The molecule has 2 rings (SSSR count). The van der Waals surface area contributed by atoms with Crippen LogP contribution in [0.15, 0.2) is 41.0 Å². The topological polar surface area (TPSA) is 22.1 Å². The van der Waals surface area contributed by atoms with Crippen LogP contribution in [0.25, 0.3) is 0 Å². The molecule has 2 aromatic rings. The highest BCUT2D eigenvalue weighted by atomic mass is 79.9. The van der Waals surface area contributed by atoms with Gasteiger partial charge in [-0.05, 0) is 40.2 Å². The Hall–Kier alpha value is -1.13. The molecule has 0 aliphatic rings. The monoisotopic (exact) mass is 315 g/mol. The molecule has 1 aromatic heterocycles. The third-order valence-electron chi connectivity index (χ3n) is 2.08. The molecule has 0 radical (unpaired) electrons. The number of aromatic nitrogens is 1. The van der Waals surface area contributed by atoms with Gasteiger partial charge in [0, 0.05) is 10.7 Å². The Morgan fingerprint density at radius 1 is 1.29 bits per heavy atom. The largest absolute Gasteiger partial charge is 0.484 e. The van der Waals surface area contributed by atoms with E-state index < -0.39 is 5.82 Å². The van der Waals surface area contributed by atoms with Crippen molar-refractivity contribution in [2.75, 3.05) is 0 Å². The summed E-state index contributed by atoms with van der Waals surface area (Å²) in [5, 5.41) is 0.0475. The summed E-state index contributed by atoms with van der Waals surface area (Å²) in [6.45, 7) is 0.199. The minimum atomic E-state index is -0.550. The standard InChI is InChI=1S/C12H8BrClFNO/c13-8-4-5-9(16-6-8)7-17-11-3-1-2-10(14)12(11)15/h1-6H,7H2. The molecule has 0 atom stereocenters. The molecule has 0 unspecified atom stereocenters. The summed E-state index contributed by atoms with van der Waals surface area (Å²) in [6.07, 6.45) is 1.66. The van der Waals surface area contributed by atoms with Crippen molar-refractivity contribution in [3.63, 3.8) is 0 Å². The third kappa shape index (κ3) is 3.17. The maximum absolute atomic E-state index is 13.5. The quantitative estimate of drug-likeness (QED) is 0.846. The van der Waals surface area contributed by atoms with Crippen molar-refractivity contribution in [3.05, 3.63) is 57.5 Å². The molecule has 1 heterocycles. The van der Waals surface area contributed by atoms with Crippen molar-refractivity contribution in [2.45, 2.75) is 6.61 Å². The van der Waals surface area contributed by atoms with E-state index in [0.717, 1.165) is 4.47 Å². The number of nitrogens with zero attached hydrogens (tertiary/aromatic N) is 1. The van der Waals surface area contributed by atoms with Gasteiger partial charge in [0.05, 0.1) is 10.7 Å². The van der Waals surface area contributed by atoms with Crippen LogP contribution in [0.1, 0.15) is 5.69 Å². The molecule has 0 fully saturated rings. The van der Waals surface area contributed by atoms with Crippen molar-refractivity contribution in [1.29, 1.82) is 0 Å². The molecule has 0 amide bonds. The first-order chi connectivity index (χ1) is 8.16. The molecule has 2 nitrogen and oxygen atoms in total. The minimum absolute atomic E-state index is 0.0475. The fraction of sp³-hybridized carbons (Fsp3) is 0.0833. The van der Waals surface area contributed by atoms with Crippen LogP contribution in [0.3, 0.4) is 0 Å². The normalized spacial score (nSPS) is 10.3. The van der Waals surface area contributed by atoms with E-state index in [2.05, 4.69) is 20.9 Å². The number of ether oxygens (including phenoxy) is 1. The van der Waals surface area contributed by atoms with Gasteiger partial charge < -0.3 is 4.74 Å². The molecule has 0 saturated carbocycles. The van der Waals surface area contributed by atoms with Crippen molar-refractivity contribution < 1.29 is 9.13 Å². The van der Waals surface area contributed by atoms with E-state index in [9.17, 15) is 4.39 Å². The summed E-state index contributed by atoms with van der Waals surface area (Å²) in [6, 6.07) is 8.28. The Bertz CT molecular complexity index is 518. The van der Waals surface area contributed by atoms with E-state index in [1.807, 2.05) is 6.07 Å². The van der Waals surface area contributed by atoms with E-state index in [1.165, 1.54) is 12.1 Å². The highest BCUT2D eigenvalue weighted by molar-refractivity contribution is 9.10. The lowest BCUT2D eigenvalue weighted by Gasteiger charge is -2.07. The van der Waals surface area contributed by atoms with Crippen LogP contribution in [-0.4, -0.2) is 4.98 Å². The second kappa shape index (κ2) is 5.47. The van der Waals surface area contributed by atoms with Gasteiger partial charge >= 0.3 is 0 Å². The predicted octanol–water partition coefficient (Wildman–Crippen LogP) is 4.22. The fourth-order valence-corrected chi connectivity index (χ4v) is 1.64. The van der Waals surface area contributed by atoms with Gasteiger partial charge in [-0.25, -0.2) is 4.39 Å². The van der Waals surface area contributed by atoms with Gasteiger partial charge in [0.15, 0.2) is 11.6 Å². The number of pyridine rings is 1. The molecule has 88 valence electrons. The van der Waals surface area contributed by atoms with Crippen LogP contribution in [0.2, 0.25) is 5.02 Å². The van der Waals surface area contributed by atoms with Crippen LogP contribution in [-0.2, 0) is 6.61 Å². The molecule has 0 N–H and O–H groups in total. The summed E-state index contributed by atoms with van der Waals surface area (Å²) >= 11 is 8.92. The maximum atomic E-state index is 13.5. The SMILES string of the molecule is Fc1c(Cl)cccc1OCc1ccc(Br)cn1. The summed E-state index contributed by atoms with van der Waals surface area (Å²) in [5.74, 6) is -0.423. The molecule has 1 aromatic carbocycles. The van der Waals surface area contributed by atoms with E-state index in [1.54, 1.807) is 18.3 Å². The second-order valence-electron chi connectivity index (χ2n) is 3.31. The smallest absolute Gasteiger partial charge is 0.183 e. The van der Waals surface area contributed by atoms with Crippen LogP contribution >= 0.6 is 27.5 Å². The van der Waals surface area contributed by atoms with Gasteiger partial charge in [0.1, 0.15) is 6.61 Å². The van der Waals surface area contributed by atoms with Crippen molar-refractivity contribution in [2.24, 2.45) is 0 Å². The molecular formula is C12H8BrClFNO. The summed E-state index contributed by atoms with van der Waals surface area (Å²) in [5.41, 5.74) is 0.715. The molecule has 0 spiro atoms. The van der Waals surface area contributed by atoms with Crippen LogP contribution in [0.4, 0.5) is 4.39 Å². The number of hydrogen-bond donors (Lipinski definition) is 0. The maximum Gasteiger partial charge on any atom is 0.183 e. The Labute approximate surface area is 112 Å². The summed E-state index contributed by atoms with van der Waals surface area (Å²) < 4.78 is 19.7. The van der Waals surface area contributed by atoms with Gasteiger partial charge in [-0.3, -0.25) is 4.98 Å². The zero-order valence-corrected chi connectivity index (χ0v) is 11.0. The molecule has 17 heavy (non-hydrogen) atoms. The Morgan fingerprint density at radius 2 is 2.12 bits per heavy atom. The van der Waals surface area contributed by atoms with E-state index in [-0.39, 0.29) is 17.4 Å². The zero-order valence-electron chi connectivity index (χ0n) is 8.66. The lowest BCUT2D eigenvalue weighted by Crippen LogP contribution is -1.99. The molecule has 0 bridgehead atoms. The van der Waals surface area contributed by atoms with Crippen LogP contribution in [0, 0.1) is 5.82 Å². The van der Waals surface area contributed by atoms with Crippen LogP contribution < -0.4 is 4.74 Å².